The summed E-state index contributed by atoms with van der Waals surface area (Å²) in [6, 6.07) is 14.5. The molecule has 3 aliphatic carbocycles. The zero-order chi connectivity index (χ0) is 39.2. The largest absolute Gasteiger partial charge is 0.427 e. The minimum Gasteiger partial charge on any atom is -0.427 e. The molecular weight excluding hydrogens is 705 g/mol. The normalized spacial score (nSPS) is 21.0. The zero-order valence-corrected chi connectivity index (χ0v) is 33.6. The van der Waals surface area contributed by atoms with Crippen molar-refractivity contribution in [3.63, 3.8) is 0 Å². The summed E-state index contributed by atoms with van der Waals surface area (Å²) in [5.74, 6) is 0.965. The molecule has 0 atom stereocenters. The number of cyclic esters (lactones) is 2. The smallest absolute Gasteiger partial charge is 0.322 e. The Bertz CT molecular complexity index is 1660. The van der Waals surface area contributed by atoms with Gasteiger partial charge in [-0.25, -0.2) is 0 Å². The van der Waals surface area contributed by atoms with Crippen molar-refractivity contribution in [1.29, 1.82) is 0 Å². The number of hydrogen-bond donors (Lipinski definition) is 0. The lowest BCUT2D eigenvalue weighted by molar-refractivity contribution is -0.301. The van der Waals surface area contributed by atoms with Crippen molar-refractivity contribution in [1.82, 2.24) is 0 Å². The van der Waals surface area contributed by atoms with E-state index in [4.69, 9.17) is 18.9 Å². The highest BCUT2D eigenvalue weighted by atomic mass is 16.6. The third-order valence-electron chi connectivity index (χ3n) is 13.9. The highest BCUT2D eigenvalue weighted by molar-refractivity contribution is 6.03. The van der Waals surface area contributed by atoms with Crippen LogP contribution >= 0.6 is 0 Å². The molecular formula is C48H60O8. The van der Waals surface area contributed by atoms with Gasteiger partial charge in [-0.05, 0) is 99.2 Å². The minimum atomic E-state index is -0.974. The van der Waals surface area contributed by atoms with Gasteiger partial charge in [0, 0.05) is 34.8 Å². The topological polar surface area (TPSA) is 105 Å². The number of carbonyl (C=O) groups excluding carboxylic acids is 4. The minimum absolute atomic E-state index is 0.239. The van der Waals surface area contributed by atoms with Crippen LogP contribution in [0.4, 0.5) is 0 Å². The molecule has 3 saturated carbocycles. The number of rotatable bonds is 16. The van der Waals surface area contributed by atoms with Crippen LogP contribution in [0, 0.1) is 21.7 Å². The molecule has 3 fully saturated rings. The predicted octanol–water partition coefficient (Wildman–Crippen LogP) is 11.6. The number of fused-ring (bicyclic) bond motifs is 4. The van der Waals surface area contributed by atoms with Crippen LogP contribution < -0.4 is 9.47 Å². The number of esters is 4. The Morgan fingerprint density at radius 3 is 1.23 bits per heavy atom. The molecule has 2 aliphatic heterocycles. The Morgan fingerprint density at radius 2 is 0.875 bits per heavy atom. The van der Waals surface area contributed by atoms with Gasteiger partial charge < -0.3 is 18.9 Å². The molecule has 0 amide bonds. The first-order valence-electron chi connectivity index (χ1n) is 21.8. The van der Waals surface area contributed by atoms with Gasteiger partial charge in [-0.1, -0.05) is 104 Å². The van der Waals surface area contributed by atoms with Crippen molar-refractivity contribution in [2.24, 2.45) is 21.7 Å². The fraction of sp³-hybridized carbons (Fsp3) is 0.583. The number of hydrogen-bond acceptors (Lipinski definition) is 8. The van der Waals surface area contributed by atoms with Crippen molar-refractivity contribution < 1.29 is 38.1 Å². The second-order valence-corrected chi connectivity index (χ2v) is 17.0. The second kappa shape index (κ2) is 17.1. The van der Waals surface area contributed by atoms with Gasteiger partial charge in [0.25, 0.3) is 0 Å². The van der Waals surface area contributed by atoms with E-state index in [-0.39, 0.29) is 23.9 Å². The molecule has 2 aromatic carbocycles. The lowest BCUT2D eigenvalue weighted by Crippen LogP contribution is -2.82. The molecule has 56 heavy (non-hydrogen) atoms. The van der Waals surface area contributed by atoms with Gasteiger partial charge in [0.05, 0.1) is 0 Å². The highest BCUT2D eigenvalue weighted by Crippen LogP contribution is 2.89. The summed E-state index contributed by atoms with van der Waals surface area (Å²) < 4.78 is 23.9. The van der Waals surface area contributed by atoms with Crippen LogP contribution in [-0.4, -0.2) is 23.9 Å². The standard InChI is InChI=1S/C48H60O8/c1-3-5-7-9-13-19-41(49)53-37-25-21-35(22-26-37)39-33-47(43(51)55-39)45(29-15-11-16-30-45)48(46(47)31-17-12-18-32-46)34-40(56-44(48)52)36-23-27-38(28-24-36)54-42(50)20-14-10-8-6-4-2/h21-28,33-34H,3-20,29-32H2,1-2H3. The van der Waals surface area contributed by atoms with Crippen LogP contribution in [0.5, 0.6) is 11.5 Å². The molecule has 0 N–H and O–H groups in total. The molecule has 5 aliphatic rings. The lowest BCUT2D eigenvalue weighted by Gasteiger charge is -2.78. The first kappa shape index (κ1) is 40.0. The lowest BCUT2D eigenvalue weighted by atomic mass is 9.20. The van der Waals surface area contributed by atoms with E-state index in [1.54, 1.807) is 24.3 Å². The number of benzene rings is 2. The van der Waals surface area contributed by atoms with E-state index in [0.717, 1.165) is 127 Å². The monoisotopic (exact) mass is 764 g/mol. The summed E-state index contributed by atoms with van der Waals surface area (Å²) in [7, 11) is 0. The highest BCUT2D eigenvalue weighted by Gasteiger charge is 2.92. The van der Waals surface area contributed by atoms with Crippen molar-refractivity contribution in [2.75, 3.05) is 0 Å². The van der Waals surface area contributed by atoms with Gasteiger partial charge >= 0.3 is 23.9 Å². The Kier molecular flexibility index (Phi) is 12.2. The average Bonchev–Trinajstić information content (AvgIpc) is 3.79. The van der Waals surface area contributed by atoms with Crippen LogP contribution in [0.2, 0.25) is 0 Å². The summed E-state index contributed by atoms with van der Waals surface area (Å²) in [5, 5.41) is 0. The van der Waals surface area contributed by atoms with E-state index in [1.165, 1.54) is 12.8 Å². The van der Waals surface area contributed by atoms with E-state index < -0.39 is 21.7 Å². The van der Waals surface area contributed by atoms with Crippen LogP contribution in [-0.2, 0) is 28.7 Å². The van der Waals surface area contributed by atoms with Crippen LogP contribution in [0.1, 0.15) is 166 Å². The molecule has 7 rings (SSSR count). The van der Waals surface area contributed by atoms with E-state index in [9.17, 15) is 19.2 Å². The maximum Gasteiger partial charge on any atom is 0.322 e. The molecule has 0 radical (unpaired) electrons. The average molecular weight is 765 g/mol. The fourth-order valence-corrected chi connectivity index (χ4v) is 11.4. The summed E-state index contributed by atoms with van der Waals surface area (Å²) in [4.78, 5) is 54.6. The molecule has 0 saturated heterocycles. The number of carbonyl (C=O) groups is 4. The van der Waals surface area contributed by atoms with Crippen LogP contribution in [0.15, 0.2) is 60.7 Å². The molecule has 8 heteroatoms. The summed E-state index contributed by atoms with van der Waals surface area (Å²) >= 11 is 0. The van der Waals surface area contributed by atoms with Crippen molar-refractivity contribution in [2.45, 2.75) is 155 Å². The molecule has 300 valence electrons. The number of unbranched alkanes of at least 4 members (excludes halogenated alkanes) is 8. The zero-order valence-electron chi connectivity index (χ0n) is 33.6. The maximum atomic E-state index is 14.8. The SMILES string of the molecule is CCCCCCCC(=O)Oc1ccc(C2=CC3(C(=O)O2)C2(CCCCC2)C2(C=C(c4ccc(OC(=O)CCCCCCC)cc4)OC2=O)C32CCCCC2)cc1. The Balaban J connectivity index is 1.15. The summed E-state index contributed by atoms with van der Waals surface area (Å²) in [5.41, 5.74) is -1.83. The van der Waals surface area contributed by atoms with Crippen molar-refractivity contribution in [3.05, 3.63) is 71.8 Å². The Labute approximate surface area is 332 Å². The third kappa shape index (κ3) is 6.83. The molecule has 2 aromatic rings. The van der Waals surface area contributed by atoms with Crippen LogP contribution in [0.3, 0.4) is 0 Å². The van der Waals surface area contributed by atoms with Gasteiger partial charge in [0.2, 0.25) is 0 Å². The van der Waals surface area contributed by atoms with Gasteiger partial charge in [-0.3, -0.25) is 19.2 Å². The maximum absolute atomic E-state index is 14.8. The molecule has 8 nitrogen and oxygen atoms in total. The van der Waals surface area contributed by atoms with Crippen molar-refractivity contribution in [3.8, 4) is 11.5 Å². The van der Waals surface area contributed by atoms with E-state index in [1.807, 2.05) is 24.3 Å². The predicted molar refractivity (Wildman–Crippen MR) is 215 cm³/mol. The van der Waals surface area contributed by atoms with Crippen molar-refractivity contribution >= 4 is 35.4 Å². The molecule has 0 unspecified atom stereocenters. The molecule has 4 spiro atoms. The molecule has 2 heterocycles. The third-order valence-corrected chi connectivity index (χ3v) is 13.9. The fourth-order valence-electron chi connectivity index (χ4n) is 11.4. The van der Waals surface area contributed by atoms with E-state index in [0.29, 0.717) is 35.9 Å². The number of ether oxygens (including phenoxy) is 4. The van der Waals surface area contributed by atoms with Gasteiger partial charge in [0.15, 0.2) is 0 Å². The Hall–Kier alpha value is -4.20. The molecule has 0 bridgehead atoms. The van der Waals surface area contributed by atoms with Gasteiger partial charge in [-0.2, -0.15) is 0 Å². The van der Waals surface area contributed by atoms with E-state index in [2.05, 4.69) is 26.0 Å². The van der Waals surface area contributed by atoms with E-state index >= 15 is 0 Å². The summed E-state index contributed by atoms with van der Waals surface area (Å²) in [6.45, 7) is 4.34. The quantitative estimate of drug-likeness (QED) is 0.0945. The molecule has 0 aromatic heterocycles. The second-order valence-electron chi connectivity index (χ2n) is 17.0. The van der Waals surface area contributed by atoms with Gasteiger partial charge in [-0.15, -0.1) is 0 Å². The Morgan fingerprint density at radius 1 is 0.518 bits per heavy atom. The van der Waals surface area contributed by atoms with Gasteiger partial charge in [0.1, 0.15) is 33.8 Å². The first-order chi connectivity index (χ1) is 27.3. The first-order valence-corrected chi connectivity index (χ1v) is 21.8. The van der Waals surface area contributed by atoms with Crippen LogP contribution in [0.25, 0.3) is 11.5 Å². The summed E-state index contributed by atoms with van der Waals surface area (Å²) in [6.07, 6.45) is 24.3.